The summed E-state index contributed by atoms with van der Waals surface area (Å²) in [6, 6.07) is 4.41. The first-order valence-electron chi connectivity index (χ1n) is 9.78. The first-order chi connectivity index (χ1) is 14.3. The highest BCUT2D eigenvalue weighted by Gasteiger charge is 2.27. The van der Waals surface area contributed by atoms with E-state index in [0.29, 0.717) is 30.9 Å². The van der Waals surface area contributed by atoms with E-state index in [2.05, 4.69) is 10.0 Å². The van der Waals surface area contributed by atoms with Gasteiger partial charge in [-0.2, -0.15) is 4.72 Å². The Kier molecular flexibility index (Phi) is 9.99. The SMILES string of the molecule is O=C(O)CCCCNC(=O)[C@H](COC1CCCCO1)NS(=O)(=O)c1ccc(Cl)cc1. The second-order valence-electron chi connectivity index (χ2n) is 6.90. The zero-order chi connectivity index (χ0) is 22.0. The zero-order valence-corrected chi connectivity index (χ0v) is 18.1. The molecule has 30 heavy (non-hydrogen) atoms. The Morgan fingerprint density at radius 1 is 1.23 bits per heavy atom. The number of ether oxygens (including phenoxy) is 2. The Labute approximate surface area is 181 Å². The molecule has 0 bridgehead atoms. The number of amides is 1. The van der Waals surface area contributed by atoms with Gasteiger partial charge < -0.3 is 19.9 Å². The highest BCUT2D eigenvalue weighted by atomic mass is 35.5. The molecular formula is C19H27ClN2O7S. The maximum absolute atomic E-state index is 12.7. The molecule has 1 aromatic carbocycles. The minimum atomic E-state index is -3.99. The fraction of sp³-hybridized carbons (Fsp3) is 0.579. The van der Waals surface area contributed by atoms with E-state index in [-0.39, 0.29) is 24.5 Å². The highest BCUT2D eigenvalue weighted by molar-refractivity contribution is 7.89. The Bertz CT molecular complexity index is 796. The molecule has 1 amide bonds. The third-order valence-corrected chi connectivity index (χ3v) is 6.18. The lowest BCUT2D eigenvalue weighted by atomic mass is 10.2. The fourth-order valence-electron chi connectivity index (χ4n) is 2.81. The maximum atomic E-state index is 12.7. The molecule has 0 radical (unpaired) electrons. The number of halogens is 1. The van der Waals surface area contributed by atoms with Gasteiger partial charge >= 0.3 is 5.97 Å². The molecule has 2 atom stereocenters. The average molecular weight is 463 g/mol. The summed E-state index contributed by atoms with van der Waals surface area (Å²) in [5, 5.41) is 11.7. The summed E-state index contributed by atoms with van der Waals surface area (Å²) in [4.78, 5) is 23.1. The van der Waals surface area contributed by atoms with Crippen molar-refractivity contribution in [2.24, 2.45) is 0 Å². The summed E-state index contributed by atoms with van der Waals surface area (Å²) in [6.45, 7) is 0.589. The first-order valence-corrected chi connectivity index (χ1v) is 11.6. The van der Waals surface area contributed by atoms with Crippen molar-refractivity contribution in [2.45, 2.75) is 55.8 Å². The van der Waals surface area contributed by atoms with E-state index in [9.17, 15) is 18.0 Å². The van der Waals surface area contributed by atoms with Crippen molar-refractivity contribution in [3.05, 3.63) is 29.3 Å². The predicted molar refractivity (Wildman–Crippen MR) is 110 cm³/mol. The number of carboxylic acid groups (broad SMARTS) is 1. The van der Waals surface area contributed by atoms with Gasteiger partial charge in [-0.05, 0) is 56.4 Å². The summed E-state index contributed by atoms with van der Waals surface area (Å²) in [7, 11) is -3.99. The van der Waals surface area contributed by atoms with Crippen LogP contribution in [0, 0.1) is 0 Å². The summed E-state index contributed by atoms with van der Waals surface area (Å²) < 4.78 is 38.8. The van der Waals surface area contributed by atoms with Crippen LogP contribution in [0.4, 0.5) is 0 Å². The summed E-state index contributed by atoms with van der Waals surface area (Å²) in [5.74, 6) is -1.46. The van der Waals surface area contributed by atoms with Gasteiger partial charge in [-0.15, -0.1) is 0 Å². The third kappa shape index (κ3) is 8.57. The fourth-order valence-corrected chi connectivity index (χ4v) is 4.12. The van der Waals surface area contributed by atoms with Gasteiger partial charge in [-0.3, -0.25) is 9.59 Å². The second kappa shape index (κ2) is 12.2. The molecule has 3 N–H and O–H groups in total. The molecule has 0 saturated carbocycles. The molecule has 1 aromatic rings. The molecule has 1 unspecified atom stereocenters. The van der Waals surface area contributed by atoms with E-state index >= 15 is 0 Å². The van der Waals surface area contributed by atoms with Crippen molar-refractivity contribution in [2.75, 3.05) is 19.8 Å². The number of nitrogens with one attached hydrogen (secondary N) is 2. The standard InChI is InChI=1S/C19H27ClN2O7S/c20-14-7-9-15(10-8-14)30(26,27)22-16(13-29-18-6-2-4-12-28-18)19(25)21-11-3-1-5-17(23)24/h7-10,16,18,22H,1-6,11-13H2,(H,21,25)(H,23,24)/t16-,18?/m0/s1. The third-order valence-electron chi connectivity index (χ3n) is 4.44. The molecule has 168 valence electrons. The molecule has 0 spiro atoms. The molecule has 2 rings (SSSR count). The number of hydrogen-bond acceptors (Lipinski definition) is 6. The van der Waals surface area contributed by atoms with Crippen LogP contribution >= 0.6 is 11.6 Å². The lowest BCUT2D eigenvalue weighted by Gasteiger charge is -2.25. The number of carbonyl (C=O) groups excluding carboxylic acids is 1. The van der Waals surface area contributed by atoms with Gasteiger partial charge in [0, 0.05) is 24.6 Å². The van der Waals surface area contributed by atoms with Gasteiger partial charge in [0.1, 0.15) is 6.04 Å². The van der Waals surface area contributed by atoms with Gasteiger partial charge in [-0.25, -0.2) is 8.42 Å². The summed E-state index contributed by atoms with van der Waals surface area (Å²) in [6.07, 6.45) is 2.93. The zero-order valence-electron chi connectivity index (χ0n) is 16.5. The number of carbonyl (C=O) groups is 2. The van der Waals surface area contributed by atoms with E-state index in [4.69, 9.17) is 26.2 Å². The van der Waals surface area contributed by atoms with E-state index in [1.54, 1.807) is 0 Å². The number of carboxylic acids is 1. The monoisotopic (exact) mass is 462 g/mol. The van der Waals surface area contributed by atoms with Crippen molar-refractivity contribution in [3.63, 3.8) is 0 Å². The van der Waals surface area contributed by atoms with Crippen LogP contribution < -0.4 is 10.0 Å². The molecular weight excluding hydrogens is 436 g/mol. The molecule has 9 nitrogen and oxygen atoms in total. The number of unbranched alkanes of at least 4 members (excludes halogenated alkanes) is 1. The lowest BCUT2D eigenvalue weighted by Crippen LogP contribution is -2.50. The second-order valence-corrected chi connectivity index (χ2v) is 9.05. The number of rotatable bonds is 12. The van der Waals surface area contributed by atoms with Crippen molar-refractivity contribution >= 4 is 33.5 Å². The van der Waals surface area contributed by atoms with Gasteiger partial charge in [-0.1, -0.05) is 11.6 Å². The van der Waals surface area contributed by atoms with Crippen molar-refractivity contribution in [1.82, 2.24) is 10.0 Å². The van der Waals surface area contributed by atoms with Crippen LogP contribution in [0.3, 0.4) is 0 Å². The molecule has 1 saturated heterocycles. The van der Waals surface area contributed by atoms with Crippen LogP contribution in [0.15, 0.2) is 29.2 Å². The quantitative estimate of drug-likeness (QED) is 0.404. The van der Waals surface area contributed by atoms with Gasteiger partial charge in [0.15, 0.2) is 6.29 Å². The van der Waals surface area contributed by atoms with Crippen LogP contribution in [0.5, 0.6) is 0 Å². The van der Waals surface area contributed by atoms with Gasteiger partial charge in [0.05, 0.1) is 11.5 Å². The Morgan fingerprint density at radius 2 is 1.97 bits per heavy atom. The van der Waals surface area contributed by atoms with E-state index in [1.807, 2.05) is 0 Å². The van der Waals surface area contributed by atoms with Crippen LogP contribution in [0.1, 0.15) is 38.5 Å². The number of hydrogen-bond donors (Lipinski definition) is 3. The molecule has 11 heteroatoms. The van der Waals surface area contributed by atoms with E-state index in [0.717, 1.165) is 12.8 Å². The van der Waals surface area contributed by atoms with Crippen LogP contribution in [0.25, 0.3) is 0 Å². The van der Waals surface area contributed by atoms with E-state index < -0.39 is 34.2 Å². The molecule has 1 aliphatic heterocycles. The Morgan fingerprint density at radius 3 is 2.60 bits per heavy atom. The normalized spacial score (nSPS) is 18.0. The molecule has 1 heterocycles. The minimum absolute atomic E-state index is 0.00459. The predicted octanol–water partition coefficient (Wildman–Crippen LogP) is 1.90. The van der Waals surface area contributed by atoms with Crippen molar-refractivity contribution in [3.8, 4) is 0 Å². The smallest absolute Gasteiger partial charge is 0.303 e. The molecule has 0 aliphatic carbocycles. The van der Waals surface area contributed by atoms with Crippen LogP contribution in [0.2, 0.25) is 5.02 Å². The number of sulfonamides is 1. The highest BCUT2D eigenvalue weighted by Crippen LogP contribution is 2.16. The summed E-state index contributed by atoms with van der Waals surface area (Å²) >= 11 is 5.81. The molecule has 1 fully saturated rings. The maximum Gasteiger partial charge on any atom is 0.303 e. The first kappa shape index (κ1) is 24.5. The lowest BCUT2D eigenvalue weighted by molar-refractivity contribution is -0.167. The van der Waals surface area contributed by atoms with Crippen molar-refractivity contribution in [1.29, 1.82) is 0 Å². The molecule has 1 aliphatic rings. The topological polar surface area (TPSA) is 131 Å². The number of benzene rings is 1. The number of aliphatic carboxylic acids is 1. The summed E-state index contributed by atoms with van der Waals surface area (Å²) in [5.41, 5.74) is 0. The Hall–Kier alpha value is -1.72. The van der Waals surface area contributed by atoms with Gasteiger partial charge in [0.25, 0.3) is 0 Å². The van der Waals surface area contributed by atoms with Crippen LogP contribution in [-0.4, -0.2) is 57.5 Å². The Balaban J connectivity index is 1.98. The van der Waals surface area contributed by atoms with Crippen LogP contribution in [-0.2, 0) is 29.1 Å². The minimum Gasteiger partial charge on any atom is -0.481 e. The van der Waals surface area contributed by atoms with E-state index in [1.165, 1.54) is 24.3 Å². The average Bonchev–Trinajstić information content (AvgIpc) is 2.71. The van der Waals surface area contributed by atoms with Crippen molar-refractivity contribution < 1.29 is 32.6 Å². The largest absolute Gasteiger partial charge is 0.481 e. The molecule has 0 aromatic heterocycles. The van der Waals surface area contributed by atoms with Gasteiger partial charge in [0.2, 0.25) is 15.9 Å².